The minimum atomic E-state index is -0.818. The van der Waals surface area contributed by atoms with Crippen LogP contribution in [-0.4, -0.2) is 24.2 Å². The lowest BCUT2D eigenvalue weighted by Crippen LogP contribution is -2.35. The number of carbonyl (C=O) groups is 1. The van der Waals surface area contributed by atoms with Gasteiger partial charge in [0, 0.05) is 19.5 Å². The molecule has 0 bridgehead atoms. The number of benzene rings is 1. The van der Waals surface area contributed by atoms with E-state index in [-0.39, 0.29) is 23.6 Å². The average molecular weight is 294 g/mol. The van der Waals surface area contributed by atoms with Crippen molar-refractivity contribution < 1.29 is 18.7 Å². The van der Waals surface area contributed by atoms with E-state index in [1.54, 1.807) is 11.0 Å². The second-order valence-electron chi connectivity index (χ2n) is 5.26. The Morgan fingerprint density at radius 1 is 1.33 bits per heavy atom. The van der Waals surface area contributed by atoms with Crippen LogP contribution in [0.4, 0.5) is 14.5 Å². The Morgan fingerprint density at radius 2 is 1.90 bits per heavy atom. The second kappa shape index (κ2) is 6.53. The number of nitriles is 1. The van der Waals surface area contributed by atoms with E-state index >= 15 is 0 Å². The van der Waals surface area contributed by atoms with Crippen molar-refractivity contribution in [1.82, 2.24) is 0 Å². The Morgan fingerprint density at radius 3 is 2.38 bits per heavy atom. The van der Waals surface area contributed by atoms with E-state index in [2.05, 4.69) is 0 Å². The van der Waals surface area contributed by atoms with Gasteiger partial charge < -0.3 is 10.0 Å². The van der Waals surface area contributed by atoms with Crippen LogP contribution in [0.25, 0.3) is 0 Å². The minimum Gasteiger partial charge on any atom is -0.481 e. The van der Waals surface area contributed by atoms with Crippen molar-refractivity contribution in [3.63, 3.8) is 0 Å². The largest absolute Gasteiger partial charge is 0.481 e. The molecule has 0 atom stereocenters. The van der Waals surface area contributed by atoms with Crippen LogP contribution in [0.1, 0.15) is 31.2 Å². The molecule has 1 aliphatic rings. The van der Waals surface area contributed by atoms with Crippen LogP contribution in [0.5, 0.6) is 0 Å². The highest BCUT2D eigenvalue weighted by atomic mass is 19.1. The molecule has 21 heavy (non-hydrogen) atoms. The fourth-order valence-corrected chi connectivity index (χ4v) is 2.71. The van der Waals surface area contributed by atoms with Gasteiger partial charge in [0.15, 0.2) is 11.6 Å². The molecule has 1 fully saturated rings. The van der Waals surface area contributed by atoms with Crippen molar-refractivity contribution in [2.45, 2.75) is 25.7 Å². The summed E-state index contributed by atoms with van der Waals surface area (Å²) in [6.45, 7) is 0.980. The third-order valence-electron chi connectivity index (χ3n) is 3.84. The van der Waals surface area contributed by atoms with E-state index in [4.69, 9.17) is 10.4 Å². The minimum absolute atomic E-state index is 0.0369. The maximum atomic E-state index is 13.9. The van der Waals surface area contributed by atoms with Gasteiger partial charge in [0.2, 0.25) is 0 Å². The van der Waals surface area contributed by atoms with Crippen LogP contribution in [-0.2, 0) is 4.79 Å². The molecule has 1 aromatic carbocycles. The number of hydrogen-bond acceptors (Lipinski definition) is 3. The van der Waals surface area contributed by atoms with E-state index in [0.717, 1.165) is 12.1 Å². The lowest BCUT2D eigenvalue weighted by molar-refractivity contribution is -0.137. The zero-order valence-electron chi connectivity index (χ0n) is 11.5. The molecule has 1 saturated heterocycles. The number of aliphatic carboxylic acids is 1. The van der Waals surface area contributed by atoms with Gasteiger partial charge in [0.05, 0.1) is 11.6 Å². The number of rotatable bonds is 4. The molecule has 1 aliphatic heterocycles. The highest BCUT2D eigenvalue weighted by Gasteiger charge is 2.24. The molecule has 1 N–H and O–H groups in total. The summed E-state index contributed by atoms with van der Waals surface area (Å²) in [5.41, 5.74) is -0.129. The SMILES string of the molecule is N#Cc1cc(F)c(N2CCC(CCC(=O)O)CC2)c(F)c1. The number of carboxylic acid groups (broad SMARTS) is 1. The monoisotopic (exact) mass is 294 g/mol. The zero-order chi connectivity index (χ0) is 15.4. The average Bonchev–Trinajstić information content (AvgIpc) is 2.45. The van der Waals surface area contributed by atoms with E-state index in [9.17, 15) is 13.6 Å². The predicted molar refractivity (Wildman–Crippen MR) is 72.9 cm³/mol. The van der Waals surface area contributed by atoms with Crippen LogP contribution >= 0.6 is 0 Å². The summed E-state index contributed by atoms with van der Waals surface area (Å²) in [5.74, 6) is -1.99. The van der Waals surface area contributed by atoms with Gasteiger partial charge in [-0.2, -0.15) is 5.26 Å². The summed E-state index contributed by atoms with van der Waals surface area (Å²) in [6.07, 6.45) is 2.16. The molecule has 2 rings (SSSR count). The number of hydrogen-bond donors (Lipinski definition) is 1. The second-order valence-corrected chi connectivity index (χ2v) is 5.26. The van der Waals surface area contributed by atoms with Crippen molar-refractivity contribution in [1.29, 1.82) is 5.26 Å². The molecule has 1 heterocycles. The fourth-order valence-electron chi connectivity index (χ4n) is 2.71. The molecule has 1 aromatic rings. The number of carboxylic acids is 1. The first kappa shape index (κ1) is 15.2. The standard InChI is InChI=1S/C15H16F2N2O2/c16-12-7-11(9-18)8-13(17)15(12)19-5-3-10(4-6-19)1-2-14(20)21/h7-8,10H,1-6H2,(H,20,21). The van der Waals surface area contributed by atoms with Crippen LogP contribution in [0.15, 0.2) is 12.1 Å². The summed E-state index contributed by atoms with van der Waals surface area (Å²) >= 11 is 0. The van der Waals surface area contributed by atoms with Gasteiger partial charge in [-0.15, -0.1) is 0 Å². The van der Waals surface area contributed by atoms with Crippen molar-refractivity contribution in [3.05, 3.63) is 29.3 Å². The third-order valence-corrected chi connectivity index (χ3v) is 3.84. The lowest BCUT2D eigenvalue weighted by Gasteiger charge is -2.33. The maximum absolute atomic E-state index is 13.9. The van der Waals surface area contributed by atoms with Gasteiger partial charge >= 0.3 is 5.97 Å². The molecule has 0 amide bonds. The molecule has 0 saturated carbocycles. The lowest BCUT2D eigenvalue weighted by atomic mass is 9.92. The first-order chi connectivity index (χ1) is 10.0. The molecule has 6 heteroatoms. The Bertz CT molecular complexity index is 553. The first-order valence-electron chi connectivity index (χ1n) is 6.87. The predicted octanol–water partition coefficient (Wildman–Crippen LogP) is 2.92. The molecule has 0 unspecified atom stereocenters. The number of anilines is 1. The quantitative estimate of drug-likeness (QED) is 0.927. The highest BCUT2D eigenvalue weighted by Crippen LogP contribution is 2.30. The normalized spacial score (nSPS) is 15.8. The Hall–Kier alpha value is -2.16. The van der Waals surface area contributed by atoms with Gasteiger partial charge in [0.25, 0.3) is 0 Å². The van der Waals surface area contributed by atoms with E-state index < -0.39 is 17.6 Å². The fraction of sp³-hybridized carbons (Fsp3) is 0.467. The molecule has 0 aromatic heterocycles. The van der Waals surface area contributed by atoms with Crippen molar-refractivity contribution >= 4 is 11.7 Å². The molecular weight excluding hydrogens is 278 g/mol. The van der Waals surface area contributed by atoms with Crippen molar-refractivity contribution in [2.24, 2.45) is 5.92 Å². The van der Waals surface area contributed by atoms with E-state index in [1.807, 2.05) is 0 Å². The summed E-state index contributed by atoms with van der Waals surface area (Å²) in [6, 6.07) is 3.79. The summed E-state index contributed by atoms with van der Waals surface area (Å²) < 4.78 is 27.8. The Balaban J connectivity index is 2.03. The first-order valence-corrected chi connectivity index (χ1v) is 6.87. The molecule has 0 spiro atoms. The number of halogens is 2. The summed E-state index contributed by atoms with van der Waals surface area (Å²) in [4.78, 5) is 12.2. The van der Waals surface area contributed by atoms with Crippen LogP contribution in [0.2, 0.25) is 0 Å². The van der Waals surface area contributed by atoms with E-state index in [1.165, 1.54) is 0 Å². The molecule has 112 valence electrons. The van der Waals surface area contributed by atoms with E-state index in [0.29, 0.717) is 32.4 Å². The van der Waals surface area contributed by atoms with Gasteiger partial charge in [-0.05, 0) is 37.3 Å². The van der Waals surface area contributed by atoms with Crippen LogP contribution < -0.4 is 4.90 Å². The molecule has 0 radical (unpaired) electrons. The van der Waals surface area contributed by atoms with Crippen molar-refractivity contribution in [2.75, 3.05) is 18.0 Å². The van der Waals surface area contributed by atoms with Crippen LogP contribution in [0.3, 0.4) is 0 Å². The number of piperidine rings is 1. The van der Waals surface area contributed by atoms with Gasteiger partial charge in [-0.1, -0.05) is 0 Å². The topological polar surface area (TPSA) is 64.3 Å². The third kappa shape index (κ3) is 3.69. The maximum Gasteiger partial charge on any atom is 0.303 e. The zero-order valence-corrected chi connectivity index (χ0v) is 11.5. The molecule has 4 nitrogen and oxygen atoms in total. The Labute approximate surface area is 121 Å². The van der Waals surface area contributed by atoms with Crippen molar-refractivity contribution in [3.8, 4) is 6.07 Å². The number of nitrogens with zero attached hydrogens (tertiary/aromatic N) is 2. The van der Waals surface area contributed by atoms with Crippen LogP contribution in [0, 0.1) is 28.9 Å². The molecule has 0 aliphatic carbocycles. The highest BCUT2D eigenvalue weighted by molar-refractivity contribution is 5.66. The molecular formula is C15H16F2N2O2. The van der Waals surface area contributed by atoms with Gasteiger partial charge in [0.1, 0.15) is 5.69 Å². The van der Waals surface area contributed by atoms with Gasteiger partial charge in [-0.25, -0.2) is 8.78 Å². The van der Waals surface area contributed by atoms with Gasteiger partial charge in [-0.3, -0.25) is 4.79 Å². The smallest absolute Gasteiger partial charge is 0.303 e. The summed E-state index contributed by atoms with van der Waals surface area (Å²) in [5, 5.41) is 17.3. The summed E-state index contributed by atoms with van der Waals surface area (Å²) in [7, 11) is 0. The Kier molecular flexibility index (Phi) is 4.73.